The quantitative estimate of drug-likeness (QED) is 0.844. The second-order valence-corrected chi connectivity index (χ2v) is 7.55. The van der Waals surface area contributed by atoms with E-state index in [2.05, 4.69) is 0 Å². The Kier molecular flexibility index (Phi) is 5.65. The number of carbonyl (C=O) groups excluding carboxylic acids is 2. The van der Waals surface area contributed by atoms with Gasteiger partial charge in [-0.15, -0.1) is 0 Å². The number of halogens is 2. The van der Waals surface area contributed by atoms with Gasteiger partial charge in [-0.25, -0.2) is 0 Å². The van der Waals surface area contributed by atoms with Crippen LogP contribution in [0.2, 0.25) is 10.0 Å². The van der Waals surface area contributed by atoms with Gasteiger partial charge in [-0.05, 0) is 37.8 Å². The predicted molar refractivity (Wildman–Crippen MR) is 98.8 cm³/mol. The summed E-state index contributed by atoms with van der Waals surface area (Å²) in [6.45, 7) is 2.10. The van der Waals surface area contributed by atoms with Gasteiger partial charge in [0.15, 0.2) is 0 Å². The normalized spacial score (nSPS) is 25.9. The predicted octanol–water partition coefficient (Wildman–Crippen LogP) is 2.30. The molecule has 2 aliphatic rings. The highest BCUT2D eigenvalue weighted by molar-refractivity contribution is 6.42. The lowest BCUT2D eigenvalue weighted by Gasteiger charge is -2.48. The second-order valence-electron chi connectivity index (χ2n) is 6.76. The molecule has 1 aromatic carbocycles. The summed E-state index contributed by atoms with van der Waals surface area (Å²) in [4.78, 5) is 28.0. The third-order valence-corrected chi connectivity index (χ3v) is 6.23. The minimum Gasteiger partial charge on any atom is -0.496 e. The Morgan fingerprint density at radius 1 is 1.38 bits per heavy atom. The zero-order valence-electron chi connectivity index (χ0n) is 14.7. The number of ether oxygens (including phenoxy) is 1. The fourth-order valence-electron chi connectivity index (χ4n) is 4.05. The van der Waals surface area contributed by atoms with Crippen LogP contribution in [0.4, 0.5) is 0 Å². The molecule has 2 saturated heterocycles. The van der Waals surface area contributed by atoms with E-state index in [-0.39, 0.29) is 17.9 Å². The number of hydrogen-bond donors (Lipinski definition) is 1. The minimum absolute atomic E-state index is 0.0738. The summed E-state index contributed by atoms with van der Waals surface area (Å²) in [5.41, 5.74) is 0.854. The first-order valence-corrected chi connectivity index (χ1v) is 9.37. The van der Waals surface area contributed by atoms with E-state index in [0.717, 1.165) is 12.0 Å². The average Bonchev–Trinajstić information content (AvgIpc) is 2.65. The Hall–Kier alpha value is -1.50. The van der Waals surface area contributed by atoms with Crippen LogP contribution in [0.5, 0.6) is 5.75 Å². The molecule has 6 nitrogen and oxygen atoms in total. The monoisotopic (exact) mass is 400 g/mol. The first-order chi connectivity index (χ1) is 12.4. The van der Waals surface area contributed by atoms with Crippen molar-refractivity contribution in [3.63, 3.8) is 0 Å². The number of rotatable bonds is 3. The van der Waals surface area contributed by atoms with Crippen molar-refractivity contribution in [3.05, 3.63) is 27.7 Å². The van der Waals surface area contributed by atoms with Crippen LogP contribution in [0.1, 0.15) is 31.2 Å². The summed E-state index contributed by atoms with van der Waals surface area (Å²) in [7, 11) is 1.59. The highest BCUT2D eigenvalue weighted by Gasteiger charge is 2.43. The highest BCUT2D eigenvalue weighted by Crippen LogP contribution is 2.44. The van der Waals surface area contributed by atoms with Gasteiger partial charge in [0.25, 0.3) is 0 Å². The fourth-order valence-corrected chi connectivity index (χ4v) is 4.53. The van der Waals surface area contributed by atoms with Crippen LogP contribution in [-0.2, 0) is 9.59 Å². The summed E-state index contributed by atoms with van der Waals surface area (Å²) in [5, 5.41) is 10.1. The summed E-state index contributed by atoms with van der Waals surface area (Å²) in [6, 6.07) is 2.83. The largest absolute Gasteiger partial charge is 0.496 e. The lowest BCUT2D eigenvalue weighted by molar-refractivity contribution is -0.157. The fraction of sp³-hybridized carbons (Fsp3) is 0.556. The van der Waals surface area contributed by atoms with Crippen LogP contribution in [0.25, 0.3) is 0 Å². The van der Waals surface area contributed by atoms with Gasteiger partial charge in [0.1, 0.15) is 18.4 Å². The Bertz CT molecular complexity index is 727. The number of fused-ring (bicyclic) bond motifs is 1. The maximum absolute atomic E-state index is 12.7. The summed E-state index contributed by atoms with van der Waals surface area (Å²) < 4.78 is 5.46. The maximum Gasteiger partial charge on any atom is 0.249 e. The number of hydrogen-bond acceptors (Lipinski definition) is 4. The summed E-state index contributed by atoms with van der Waals surface area (Å²) in [5.74, 6) is 0.248. The minimum atomic E-state index is -0.596. The van der Waals surface area contributed by atoms with Crippen LogP contribution < -0.4 is 4.74 Å². The molecule has 0 spiro atoms. The number of nitrogens with zero attached hydrogens (tertiary/aromatic N) is 2. The zero-order valence-corrected chi connectivity index (χ0v) is 16.3. The Labute approximate surface area is 162 Å². The van der Waals surface area contributed by atoms with Crippen molar-refractivity contribution >= 4 is 35.0 Å². The first kappa shape index (κ1) is 19.3. The number of amides is 2. The number of methoxy groups -OCH3 is 1. The van der Waals surface area contributed by atoms with Crippen molar-refractivity contribution in [2.75, 3.05) is 26.8 Å². The standard InChI is InChI=1S/C18H22Cl2N2O4/c1-10-18(25)21-6-5-11(7-12(21)8-22(10)15(24)9-23)16-14(26-2)4-3-13(19)17(16)20/h3-4,10-12,23H,5-9H2,1-2H3/t10-,11+,12-/m0/s1. The molecule has 2 fully saturated rings. The van der Waals surface area contributed by atoms with Gasteiger partial charge < -0.3 is 19.6 Å². The van der Waals surface area contributed by atoms with Gasteiger partial charge >= 0.3 is 0 Å². The SMILES string of the molecule is COc1ccc(Cl)c(Cl)c1[C@@H]1CCN2C(=O)[C@H](C)N(C(=O)CO)C[C@@H]2C1. The van der Waals surface area contributed by atoms with E-state index in [9.17, 15) is 14.7 Å². The van der Waals surface area contributed by atoms with Crippen molar-refractivity contribution in [2.24, 2.45) is 0 Å². The van der Waals surface area contributed by atoms with Crippen molar-refractivity contribution in [1.82, 2.24) is 9.80 Å². The Morgan fingerprint density at radius 3 is 2.77 bits per heavy atom. The topological polar surface area (TPSA) is 70.1 Å². The molecule has 2 amide bonds. The van der Waals surface area contributed by atoms with E-state index < -0.39 is 18.6 Å². The molecule has 3 atom stereocenters. The molecule has 0 aromatic heterocycles. The van der Waals surface area contributed by atoms with Crippen molar-refractivity contribution in [3.8, 4) is 5.75 Å². The molecule has 0 radical (unpaired) electrons. The molecule has 0 unspecified atom stereocenters. The smallest absolute Gasteiger partial charge is 0.249 e. The number of aliphatic hydroxyl groups excluding tert-OH is 1. The molecular formula is C18H22Cl2N2O4. The molecule has 0 saturated carbocycles. The van der Waals surface area contributed by atoms with Gasteiger partial charge in [0, 0.05) is 24.7 Å². The van der Waals surface area contributed by atoms with Crippen molar-refractivity contribution < 1.29 is 19.4 Å². The van der Waals surface area contributed by atoms with E-state index >= 15 is 0 Å². The molecule has 8 heteroatoms. The number of piperidine rings is 1. The third-order valence-electron chi connectivity index (χ3n) is 5.41. The zero-order chi connectivity index (χ0) is 19.0. The van der Waals surface area contributed by atoms with E-state index in [1.165, 1.54) is 4.90 Å². The number of piperazine rings is 1. The van der Waals surface area contributed by atoms with Gasteiger partial charge in [-0.1, -0.05) is 23.2 Å². The molecule has 1 aromatic rings. The van der Waals surface area contributed by atoms with Gasteiger partial charge in [0.05, 0.1) is 17.2 Å². The number of carbonyl (C=O) groups is 2. The van der Waals surface area contributed by atoms with E-state index in [0.29, 0.717) is 35.3 Å². The summed E-state index contributed by atoms with van der Waals surface area (Å²) in [6.07, 6.45) is 1.41. The van der Waals surface area contributed by atoms with Crippen LogP contribution >= 0.6 is 23.2 Å². The van der Waals surface area contributed by atoms with Crippen LogP contribution in [-0.4, -0.2) is 65.6 Å². The second kappa shape index (κ2) is 7.62. The maximum atomic E-state index is 12.7. The first-order valence-electron chi connectivity index (χ1n) is 8.61. The lowest BCUT2D eigenvalue weighted by Crippen LogP contribution is -2.64. The highest BCUT2D eigenvalue weighted by atomic mass is 35.5. The van der Waals surface area contributed by atoms with Crippen LogP contribution in [0.3, 0.4) is 0 Å². The lowest BCUT2D eigenvalue weighted by atomic mass is 9.83. The molecule has 0 aliphatic carbocycles. The molecule has 0 bridgehead atoms. The molecule has 26 heavy (non-hydrogen) atoms. The Balaban J connectivity index is 1.88. The van der Waals surface area contributed by atoms with Crippen molar-refractivity contribution in [2.45, 2.75) is 37.8 Å². The van der Waals surface area contributed by atoms with Gasteiger partial charge in [0.2, 0.25) is 11.8 Å². The molecular weight excluding hydrogens is 379 g/mol. The van der Waals surface area contributed by atoms with Gasteiger partial charge in [-0.3, -0.25) is 9.59 Å². The van der Waals surface area contributed by atoms with E-state index in [4.69, 9.17) is 27.9 Å². The molecule has 2 aliphatic heterocycles. The molecule has 2 heterocycles. The third kappa shape index (κ3) is 3.26. The van der Waals surface area contributed by atoms with E-state index in [1.54, 1.807) is 26.2 Å². The Morgan fingerprint density at radius 2 is 2.12 bits per heavy atom. The van der Waals surface area contributed by atoms with Crippen LogP contribution in [0.15, 0.2) is 12.1 Å². The van der Waals surface area contributed by atoms with Gasteiger partial charge in [-0.2, -0.15) is 0 Å². The van der Waals surface area contributed by atoms with Crippen molar-refractivity contribution in [1.29, 1.82) is 0 Å². The van der Waals surface area contributed by atoms with Crippen LogP contribution in [0, 0.1) is 0 Å². The molecule has 1 N–H and O–H groups in total. The number of benzene rings is 1. The molecule has 142 valence electrons. The van der Waals surface area contributed by atoms with E-state index in [1.807, 2.05) is 4.90 Å². The molecule has 3 rings (SSSR count). The summed E-state index contributed by atoms with van der Waals surface area (Å²) >= 11 is 12.6. The number of aliphatic hydroxyl groups is 1. The average molecular weight is 401 g/mol.